The Morgan fingerprint density at radius 3 is 2.69 bits per heavy atom. The fourth-order valence-corrected chi connectivity index (χ4v) is 1.60. The standard InChI is InChI=1S/C11H14ClNO3/c1-3-16-11-9(15-2)5-4-7(12)10(11)8(14)6-13/h4-5H,3,6,13H2,1-2H3. The Bertz CT molecular complexity index is 393. The van der Waals surface area contributed by atoms with E-state index in [4.69, 9.17) is 26.8 Å². The number of carbonyl (C=O) groups excluding carboxylic acids is 1. The van der Waals surface area contributed by atoms with E-state index >= 15 is 0 Å². The van der Waals surface area contributed by atoms with E-state index in [0.717, 1.165) is 0 Å². The molecular formula is C11H14ClNO3. The van der Waals surface area contributed by atoms with E-state index in [2.05, 4.69) is 0 Å². The molecule has 0 aliphatic carbocycles. The van der Waals surface area contributed by atoms with Gasteiger partial charge in [0.1, 0.15) is 0 Å². The summed E-state index contributed by atoms with van der Waals surface area (Å²) in [5.74, 6) is 0.559. The SMILES string of the molecule is CCOc1c(OC)ccc(Cl)c1C(=O)CN. The van der Waals surface area contributed by atoms with Crippen molar-refractivity contribution in [3.63, 3.8) is 0 Å². The van der Waals surface area contributed by atoms with Gasteiger partial charge in [-0.05, 0) is 19.1 Å². The van der Waals surface area contributed by atoms with Gasteiger partial charge in [0.05, 0.1) is 30.8 Å². The van der Waals surface area contributed by atoms with E-state index in [-0.39, 0.29) is 17.9 Å². The monoisotopic (exact) mass is 243 g/mol. The highest BCUT2D eigenvalue weighted by Crippen LogP contribution is 2.36. The summed E-state index contributed by atoms with van der Waals surface area (Å²) in [6.07, 6.45) is 0. The fourth-order valence-electron chi connectivity index (χ4n) is 1.35. The molecule has 0 bridgehead atoms. The predicted octanol–water partition coefficient (Wildman–Crippen LogP) is 1.89. The molecule has 0 spiro atoms. The molecule has 0 unspecified atom stereocenters. The second-order valence-electron chi connectivity index (χ2n) is 3.01. The lowest BCUT2D eigenvalue weighted by atomic mass is 10.1. The zero-order chi connectivity index (χ0) is 12.1. The van der Waals surface area contributed by atoms with Crippen LogP contribution in [0.25, 0.3) is 0 Å². The number of nitrogens with two attached hydrogens (primary N) is 1. The minimum absolute atomic E-state index is 0.118. The van der Waals surface area contributed by atoms with Crippen molar-refractivity contribution < 1.29 is 14.3 Å². The largest absolute Gasteiger partial charge is 0.493 e. The molecule has 0 atom stereocenters. The average Bonchev–Trinajstić information content (AvgIpc) is 2.29. The summed E-state index contributed by atoms with van der Waals surface area (Å²) < 4.78 is 10.5. The molecule has 0 aromatic heterocycles. The first-order valence-corrected chi connectivity index (χ1v) is 5.26. The zero-order valence-electron chi connectivity index (χ0n) is 9.25. The smallest absolute Gasteiger partial charge is 0.181 e. The maximum Gasteiger partial charge on any atom is 0.181 e. The maximum atomic E-state index is 11.7. The normalized spacial score (nSPS) is 10.0. The Balaban J connectivity index is 3.35. The first-order chi connectivity index (χ1) is 7.65. The summed E-state index contributed by atoms with van der Waals surface area (Å²) >= 11 is 5.96. The number of hydrogen-bond donors (Lipinski definition) is 1. The molecule has 1 rings (SSSR count). The molecule has 16 heavy (non-hydrogen) atoms. The average molecular weight is 244 g/mol. The van der Waals surface area contributed by atoms with Crippen molar-refractivity contribution in [3.05, 3.63) is 22.7 Å². The topological polar surface area (TPSA) is 61.5 Å². The quantitative estimate of drug-likeness (QED) is 0.803. The van der Waals surface area contributed by atoms with Crippen molar-refractivity contribution in [1.29, 1.82) is 0 Å². The molecular weight excluding hydrogens is 230 g/mol. The third-order valence-electron chi connectivity index (χ3n) is 2.04. The van der Waals surface area contributed by atoms with E-state index in [1.807, 2.05) is 6.92 Å². The van der Waals surface area contributed by atoms with Crippen LogP contribution >= 0.6 is 11.6 Å². The molecule has 2 N–H and O–H groups in total. The third kappa shape index (κ3) is 2.46. The van der Waals surface area contributed by atoms with Gasteiger partial charge in [-0.15, -0.1) is 0 Å². The molecule has 1 aromatic rings. The van der Waals surface area contributed by atoms with E-state index in [1.165, 1.54) is 7.11 Å². The van der Waals surface area contributed by atoms with Crippen LogP contribution in [0.4, 0.5) is 0 Å². The highest BCUT2D eigenvalue weighted by molar-refractivity contribution is 6.34. The lowest BCUT2D eigenvalue weighted by molar-refractivity contribution is 0.0997. The van der Waals surface area contributed by atoms with Gasteiger partial charge >= 0.3 is 0 Å². The highest BCUT2D eigenvalue weighted by Gasteiger charge is 2.19. The van der Waals surface area contributed by atoms with Gasteiger partial charge in [0.15, 0.2) is 17.3 Å². The van der Waals surface area contributed by atoms with E-state index in [1.54, 1.807) is 12.1 Å². The van der Waals surface area contributed by atoms with Gasteiger partial charge in [-0.25, -0.2) is 0 Å². The fraction of sp³-hybridized carbons (Fsp3) is 0.364. The third-order valence-corrected chi connectivity index (χ3v) is 2.36. The van der Waals surface area contributed by atoms with Gasteiger partial charge in [-0.3, -0.25) is 4.79 Å². The predicted molar refractivity (Wildman–Crippen MR) is 62.6 cm³/mol. The van der Waals surface area contributed by atoms with Crippen LogP contribution in [0.2, 0.25) is 5.02 Å². The molecule has 0 heterocycles. The lowest BCUT2D eigenvalue weighted by Crippen LogP contribution is -2.16. The Morgan fingerprint density at radius 1 is 1.50 bits per heavy atom. The van der Waals surface area contributed by atoms with Crippen LogP contribution in [0.15, 0.2) is 12.1 Å². The van der Waals surface area contributed by atoms with Crippen molar-refractivity contribution in [2.75, 3.05) is 20.3 Å². The highest BCUT2D eigenvalue weighted by atomic mass is 35.5. The van der Waals surface area contributed by atoms with Gasteiger partial charge in [-0.2, -0.15) is 0 Å². The van der Waals surface area contributed by atoms with Crippen molar-refractivity contribution in [2.24, 2.45) is 5.73 Å². The Kier molecular flexibility index (Phi) is 4.58. The van der Waals surface area contributed by atoms with E-state index < -0.39 is 0 Å². The van der Waals surface area contributed by atoms with Crippen LogP contribution in [0.3, 0.4) is 0 Å². The summed E-state index contributed by atoms with van der Waals surface area (Å²) in [5.41, 5.74) is 5.61. The number of ether oxygens (including phenoxy) is 2. The van der Waals surface area contributed by atoms with Gasteiger partial charge in [0.2, 0.25) is 0 Å². The summed E-state index contributed by atoms with van der Waals surface area (Å²) in [4.78, 5) is 11.7. The molecule has 0 fully saturated rings. The Labute approximate surface area is 99.3 Å². The summed E-state index contributed by atoms with van der Waals surface area (Å²) in [6.45, 7) is 2.12. The van der Waals surface area contributed by atoms with Crippen LogP contribution in [-0.2, 0) is 0 Å². The van der Waals surface area contributed by atoms with E-state index in [0.29, 0.717) is 23.1 Å². The van der Waals surface area contributed by atoms with E-state index in [9.17, 15) is 4.79 Å². The summed E-state index contributed by atoms with van der Waals surface area (Å²) in [7, 11) is 1.50. The number of Topliss-reactive ketones (excluding diaryl/α,β-unsaturated/α-hetero) is 1. The van der Waals surface area contributed by atoms with Crippen molar-refractivity contribution in [3.8, 4) is 11.5 Å². The summed E-state index contributed by atoms with van der Waals surface area (Å²) in [5, 5.41) is 0.319. The zero-order valence-corrected chi connectivity index (χ0v) is 10.0. The van der Waals surface area contributed by atoms with Gasteiger partial charge < -0.3 is 15.2 Å². The molecule has 4 nitrogen and oxygen atoms in total. The number of hydrogen-bond acceptors (Lipinski definition) is 4. The van der Waals surface area contributed by atoms with Crippen LogP contribution < -0.4 is 15.2 Å². The van der Waals surface area contributed by atoms with Gasteiger partial charge in [0.25, 0.3) is 0 Å². The number of benzene rings is 1. The minimum atomic E-state index is -0.271. The molecule has 0 saturated carbocycles. The number of rotatable bonds is 5. The number of methoxy groups -OCH3 is 1. The molecule has 0 amide bonds. The first kappa shape index (κ1) is 12.8. The van der Waals surface area contributed by atoms with Crippen LogP contribution in [0, 0.1) is 0 Å². The Hall–Kier alpha value is -1.26. The summed E-state index contributed by atoms with van der Waals surface area (Å²) in [6, 6.07) is 3.24. The van der Waals surface area contributed by atoms with Crippen LogP contribution in [0.5, 0.6) is 11.5 Å². The van der Waals surface area contributed by atoms with Gasteiger partial charge in [0, 0.05) is 0 Å². The molecule has 0 saturated heterocycles. The van der Waals surface area contributed by atoms with Crippen molar-refractivity contribution in [1.82, 2.24) is 0 Å². The minimum Gasteiger partial charge on any atom is -0.493 e. The molecule has 88 valence electrons. The molecule has 0 aliphatic rings. The van der Waals surface area contributed by atoms with Gasteiger partial charge in [-0.1, -0.05) is 11.6 Å². The second-order valence-corrected chi connectivity index (χ2v) is 3.42. The Morgan fingerprint density at radius 2 is 2.19 bits per heavy atom. The lowest BCUT2D eigenvalue weighted by Gasteiger charge is -2.14. The molecule has 0 aliphatic heterocycles. The number of carbonyl (C=O) groups is 1. The van der Waals surface area contributed by atoms with Crippen molar-refractivity contribution >= 4 is 17.4 Å². The van der Waals surface area contributed by atoms with Crippen molar-refractivity contribution in [2.45, 2.75) is 6.92 Å². The molecule has 5 heteroatoms. The maximum absolute atomic E-state index is 11.7. The van der Waals surface area contributed by atoms with Crippen LogP contribution in [0.1, 0.15) is 17.3 Å². The molecule has 0 radical (unpaired) electrons. The van der Waals surface area contributed by atoms with Crippen LogP contribution in [-0.4, -0.2) is 26.0 Å². The number of halogens is 1. The molecule has 1 aromatic carbocycles. The first-order valence-electron chi connectivity index (χ1n) is 4.88. The second kappa shape index (κ2) is 5.72. The number of ketones is 1.